The minimum Gasteiger partial charge on any atom is -0.495 e. The first kappa shape index (κ1) is 20.6. The number of methoxy groups -OCH3 is 1. The number of benzene rings is 3. The molecule has 0 aliphatic carbocycles. The Bertz CT molecular complexity index is 1300. The van der Waals surface area contributed by atoms with Gasteiger partial charge in [-0.25, -0.2) is 0 Å². The van der Waals surface area contributed by atoms with E-state index < -0.39 is 0 Å². The van der Waals surface area contributed by atoms with Gasteiger partial charge in [0, 0.05) is 22.9 Å². The number of halogens is 1. The van der Waals surface area contributed by atoms with Crippen LogP contribution in [0.5, 0.6) is 5.75 Å². The average Bonchev–Trinajstić information content (AvgIpc) is 2.82. The van der Waals surface area contributed by atoms with Crippen LogP contribution in [0.1, 0.15) is 16.7 Å². The van der Waals surface area contributed by atoms with E-state index in [9.17, 15) is 10.4 Å². The van der Waals surface area contributed by atoms with Crippen LogP contribution in [0.4, 0.5) is 5.82 Å². The molecule has 0 saturated heterocycles. The van der Waals surface area contributed by atoms with Crippen LogP contribution in [0.2, 0.25) is 5.02 Å². The van der Waals surface area contributed by atoms with Gasteiger partial charge in [-0.1, -0.05) is 48.0 Å². The van der Waals surface area contributed by atoms with Crippen LogP contribution in [-0.4, -0.2) is 22.4 Å². The third-order valence-electron chi connectivity index (χ3n) is 5.03. The minimum atomic E-state index is -0.103. The van der Waals surface area contributed by atoms with E-state index in [4.69, 9.17) is 16.3 Å². The number of nitrogens with one attached hydrogen (secondary N) is 1. The molecule has 0 aliphatic heterocycles. The molecule has 6 nitrogen and oxygen atoms in total. The fourth-order valence-corrected chi connectivity index (χ4v) is 3.73. The maximum Gasteiger partial charge on any atom is 0.156 e. The summed E-state index contributed by atoms with van der Waals surface area (Å²) in [5.41, 5.74) is 3.70. The molecule has 1 heterocycles. The second-order valence-electron chi connectivity index (χ2n) is 6.91. The molecule has 0 unspecified atom stereocenters. The summed E-state index contributed by atoms with van der Waals surface area (Å²) < 4.78 is 5.20. The summed E-state index contributed by atoms with van der Waals surface area (Å²) in [7, 11) is 1.57. The predicted molar refractivity (Wildman–Crippen MR) is 121 cm³/mol. The van der Waals surface area contributed by atoms with Crippen LogP contribution in [0.15, 0.2) is 60.7 Å². The zero-order valence-corrected chi connectivity index (χ0v) is 17.5. The Hall–Kier alpha value is -3.66. The van der Waals surface area contributed by atoms with Gasteiger partial charge in [-0.3, -0.25) is 0 Å². The van der Waals surface area contributed by atoms with Gasteiger partial charge in [-0.15, -0.1) is 10.2 Å². The number of ether oxygens (including phenoxy) is 1. The highest BCUT2D eigenvalue weighted by atomic mass is 35.5. The van der Waals surface area contributed by atoms with E-state index in [0.717, 1.165) is 27.5 Å². The van der Waals surface area contributed by atoms with Crippen LogP contribution in [-0.2, 0) is 13.2 Å². The molecule has 0 spiro atoms. The van der Waals surface area contributed by atoms with Crippen LogP contribution in [0, 0.1) is 11.3 Å². The monoisotopic (exact) mass is 430 g/mol. The molecule has 0 amide bonds. The molecular formula is C24H19ClN4O2. The maximum absolute atomic E-state index is 9.74. The Balaban J connectivity index is 1.76. The topological polar surface area (TPSA) is 91.1 Å². The minimum absolute atomic E-state index is 0.103. The number of aliphatic hydroxyl groups excluding tert-OH is 1. The molecule has 0 atom stereocenters. The van der Waals surface area contributed by atoms with Gasteiger partial charge in [-0.05, 0) is 35.4 Å². The number of fused-ring (bicyclic) bond motifs is 1. The van der Waals surface area contributed by atoms with Gasteiger partial charge in [0.1, 0.15) is 11.4 Å². The Morgan fingerprint density at radius 3 is 2.65 bits per heavy atom. The van der Waals surface area contributed by atoms with E-state index in [1.165, 1.54) is 0 Å². The molecule has 0 fully saturated rings. The molecule has 4 rings (SSSR count). The summed E-state index contributed by atoms with van der Waals surface area (Å²) in [5, 5.41) is 33.4. The lowest BCUT2D eigenvalue weighted by Crippen LogP contribution is -2.05. The zero-order valence-electron chi connectivity index (χ0n) is 16.8. The van der Waals surface area contributed by atoms with Gasteiger partial charge in [0.15, 0.2) is 5.82 Å². The molecule has 1 aromatic heterocycles. The fourth-order valence-electron chi connectivity index (χ4n) is 3.45. The van der Waals surface area contributed by atoms with Crippen LogP contribution >= 0.6 is 11.6 Å². The summed E-state index contributed by atoms with van der Waals surface area (Å²) >= 11 is 6.23. The molecule has 4 aromatic rings. The lowest BCUT2D eigenvalue weighted by Gasteiger charge is -2.13. The molecule has 0 saturated carbocycles. The number of rotatable bonds is 6. The molecule has 154 valence electrons. The smallest absolute Gasteiger partial charge is 0.156 e. The molecule has 0 bridgehead atoms. The van der Waals surface area contributed by atoms with Crippen molar-refractivity contribution in [2.45, 2.75) is 13.2 Å². The largest absolute Gasteiger partial charge is 0.495 e. The molecule has 2 N–H and O–H groups in total. The average molecular weight is 431 g/mol. The molecule has 0 aliphatic rings. The van der Waals surface area contributed by atoms with Crippen molar-refractivity contribution in [1.82, 2.24) is 10.2 Å². The van der Waals surface area contributed by atoms with Crippen molar-refractivity contribution in [3.8, 4) is 23.1 Å². The number of nitriles is 1. The molecule has 31 heavy (non-hydrogen) atoms. The van der Waals surface area contributed by atoms with Gasteiger partial charge in [0.05, 0.1) is 30.4 Å². The Morgan fingerprint density at radius 2 is 1.90 bits per heavy atom. The van der Waals surface area contributed by atoms with Crippen molar-refractivity contribution in [3.63, 3.8) is 0 Å². The van der Waals surface area contributed by atoms with Gasteiger partial charge in [-0.2, -0.15) is 5.26 Å². The SMILES string of the molecule is COc1ccc(CNc2nnc(-c3ccccc3CO)c3ccc(C#N)cc23)cc1Cl. The predicted octanol–water partition coefficient (Wildman–Crippen LogP) is 4.93. The van der Waals surface area contributed by atoms with Crippen molar-refractivity contribution < 1.29 is 9.84 Å². The first-order valence-electron chi connectivity index (χ1n) is 9.60. The summed E-state index contributed by atoms with van der Waals surface area (Å²) in [6.45, 7) is 0.366. The van der Waals surface area contributed by atoms with E-state index in [1.54, 1.807) is 19.2 Å². The van der Waals surface area contributed by atoms with Crippen LogP contribution in [0.3, 0.4) is 0 Å². The molecule has 0 radical (unpaired) electrons. The summed E-state index contributed by atoms with van der Waals surface area (Å²) in [5.74, 6) is 1.17. The Kier molecular flexibility index (Phi) is 5.99. The molecule has 7 heteroatoms. The first-order chi connectivity index (χ1) is 15.1. The molecular weight excluding hydrogens is 412 g/mol. The van der Waals surface area contributed by atoms with Gasteiger partial charge in [0.25, 0.3) is 0 Å². The highest BCUT2D eigenvalue weighted by Crippen LogP contribution is 2.33. The highest BCUT2D eigenvalue weighted by molar-refractivity contribution is 6.32. The Morgan fingerprint density at radius 1 is 1.06 bits per heavy atom. The summed E-state index contributed by atoms with van der Waals surface area (Å²) in [6.07, 6.45) is 0. The summed E-state index contributed by atoms with van der Waals surface area (Å²) in [6, 6.07) is 20.7. The second-order valence-corrected chi connectivity index (χ2v) is 7.31. The number of aliphatic hydroxyl groups is 1. The second kappa shape index (κ2) is 9.00. The van der Waals surface area contributed by atoms with Crippen molar-refractivity contribution in [1.29, 1.82) is 5.26 Å². The van der Waals surface area contributed by atoms with Crippen LogP contribution < -0.4 is 10.1 Å². The van der Waals surface area contributed by atoms with Crippen molar-refractivity contribution in [2.24, 2.45) is 0 Å². The number of nitrogens with zero attached hydrogens (tertiary/aromatic N) is 3. The van der Waals surface area contributed by atoms with E-state index in [0.29, 0.717) is 34.4 Å². The number of aromatic nitrogens is 2. The Labute approximate surface area is 184 Å². The fraction of sp³-hybridized carbons (Fsp3) is 0.125. The number of anilines is 1. The van der Waals surface area contributed by atoms with E-state index >= 15 is 0 Å². The maximum atomic E-state index is 9.74. The lowest BCUT2D eigenvalue weighted by atomic mass is 9.99. The van der Waals surface area contributed by atoms with Crippen LogP contribution in [0.25, 0.3) is 22.0 Å². The highest BCUT2D eigenvalue weighted by Gasteiger charge is 2.14. The first-order valence-corrected chi connectivity index (χ1v) is 9.98. The van der Waals surface area contributed by atoms with Crippen molar-refractivity contribution in [2.75, 3.05) is 12.4 Å². The van der Waals surface area contributed by atoms with Gasteiger partial charge in [0.2, 0.25) is 0 Å². The number of hydrogen-bond donors (Lipinski definition) is 2. The van der Waals surface area contributed by atoms with Crippen molar-refractivity contribution in [3.05, 3.63) is 82.4 Å². The van der Waals surface area contributed by atoms with Crippen molar-refractivity contribution >= 4 is 28.2 Å². The van der Waals surface area contributed by atoms with E-state index in [2.05, 4.69) is 21.6 Å². The normalized spacial score (nSPS) is 10.6. The summed E-state index contributed by atoms with van der Waals surface area (Å²) in [4.78, 5) is 0. The quantitative estimate of drug-likeness (QED) is 0.450. The third-order valence-corrected chi connectivity index (χ3v) is 5.32. The zero-order chi connectivity index (χ0) is 21.8. The van der Waals surface area contributed by atoms with Gasteiger partial charge >= 0.3 is 0 Å². The standard InChI is InChI=1S/C24H19ClN4O2/c1-31-22-9-7-16(11-21(22)25)13-27-24-20-10-15(12-26)6-8-19(20)23(28-29-24)18-5-3-2-4-17(18)14-30/h2-11,30H,13-14H2,1H3,(H,27,29). The molecule has 3 aromatic carbocycles. The third kappa shape index (κ3) is 4.15. The van der Waals surface area contributed by atoms with Gasteiger partial charge < -0.3 is 15.2 Å². The van der Waals surface area contributed by atoms with E-state index in [1.807, 2.05) is 48.5 Å². The van der Waals surface area contributed by atoms with E-state index in [-0.39, 0.29) is 6.61 Å². The lowest BCUT2D eigenvalue weighted by molar-refractivity contribution is 0.282. The number of hydrogen-bond acceptors (Lipinski definition) is 6.